The van der Waals surface area contributed by atoms with Crippen LogP contribution < -0.4 is 0 Å². The molecule has 1 saturated heterocycles. The summed E-state index contributed by atoms with van der Waals surface area (Å²) < 4.78 is 1.29. The van der Waals surface area contributed by atoms with Gasteiger partial charge in [-0.2, -0.15) is 5.10 Å². The SMILES string of the molecule is CCn1nc(C)cc1CC1(C(=O)O)CCCS1. The number of carboxylic acid groups (broad SMARTS) is 1. The minimum Gasteiger partial charge on any atom is -0.480 e. The number of aliphatic carboxylic acids is 1. The van der Waals surface area contributed by atoms with Crippen molar-refractivity contribution in [2.45, 2.75) is 44.4 Å². The van der Waals surface area contributed by atoms with Crippen LogP contribution in [0.1, 0.15) is 31.2 Å². The van der Waals surface area contributed by atoms with Gasteiger partial charge in [-0.05, 0) is 38.5 Å². The average Bonchev–Trinajstić information content (AvgIpc) is 2.86. The van der Waals surface area contributed by atoms with Gasteiger partial charge < -0.3 is 5.11 Å². The minimum atomic E-state index is -0.679. The van der Waals surface area contributed by atoms with Gasteiger partial charge in [0.15, 0.2) is 0 Å². The van der Waals surface area contributed by atoms with Crippen LogP contribution in [0.3, 0.4) is 0 Å². The molecule has 5 heteroatoms. The quantitative estimate of drug-likeness (QED) is 0.894. The Morgan fingerprint density at radius 2 is 2.47 bits per heavy atom. The van der Waals surface area contributed by atoms with E-state index in [0.29, 0.717) is 6.42 Å². The smallest absolute Gasteiger partial charge is 0.320 e. The molecule has 0 radical (unpaired) electrons. The number of hydrogen-bond donors (Lipinski definition) is 1. The first-order valence-electron chi connectivity index (χ1n) is 5.98. The summed E-state index contributed by atoms with van der Waals surface area (Å²) in [5.41, 5.74) is 2.01. The van der Waals surface area contributed by atoms with E-state index in [1.54, 1.807) is 11.8 Å². The Kier molecular flexibility index (Phi) is 3.47. The second-order valence-corrected chi connectivity index (χ2v) is 6.00. The number of aromatic nitrogens is 2. The predicted octanol–water partition coefficient (Wildman–Crippen LogP) is 2.10. The van der Waals surface area contributed by atoms with Crippen molar-refractivity contribution >= 4 is 17.7 Å². The summed E-state index contributed by atoms with van der Waals surface area (Å²) in [7, 11) is 0. The van der Waals surface area contributed by atoms with E-state index in [1.807, 2.05) is 24.6 Å². The molecule has 0 saturated carbocycles. The molecule has 2 heterocycles. The number of carboxylic acids is 1. The van der Waals surface area contributed by atoms with Gasteiger partial charge in [0, 0.05) is 18.7 Å². The third-order valence-corrected chi connectivity index (χ3v) is 4.81. The van der Waals surface area contributed by atoms with Crippen molar-refractivity contribution in [1.82, 2.24) is 9.78 Å². The van der Waals surface area contributed by atoms with Gasteiger partial charge in [0.2, 0.25) is 0 Å². The maximum Gasteiger partial charge on any atom is 0.320 e. The molecule has 94 valence electrons. The lowest BCUT2D eigenvalue weighted by atomic mass is 9.97. The number of nitrogens with zero attached hydrogens (tertiary/aromatic N) is 2. The maximum atomic E-state index is 11.5. The molecule has 1 N–H and O–H groups in total. The molecular weight excluding hydrogens is 236 g/mol. The topological polar surface area (TPSA) is 55.1 Å². The molecule has 1 fully saturated rings. The van der Waals surface area contributed by atoms with Crippen molar-refractivity contribution in [3.05, 3.63) is 17.5 Å². The van der Waals surface area contributed by atoms with Gasteiger partial charge in [0.25, 0.3) is 0 Å². The monoisotopic (exact) mass is 254 g/mol. The first-order chi connectivity index (χ1) is 8.07. The van der Waals surface area contributed by atoms with Gasteiger partial charge in [-0.1, -0.05) is 0 Å². The Balaban J connectivity index is 2.26. The summed E-state index contributed by atoms with van der Waals surface area (Å²) in [6.45, 7) is 4.78. The Hall–Kier alpha value is -0.970. The largest absolute Gasteiger partial charge is 0.480 e. The van der Waals surface area contributed by atoms with Crippen LogP contribution in [0.15, 0.2) is 6.07 Å². The van der Waals surface area contributed by atoms with Crippen molar-refractivity contribution in [1.29, 1.82) is 0 Å². The van der Waals surface area contributed by atoms with E-state index in [0.717, 1.165) is 36.5 Å². The zero-order chi connectivity index (χ0) is 12.5. The van der Waals surface area contributed by atoms with Gasteiger partial charge in [-0.3, -0.25) is 9.48 Å². The first kappa shape index (κ1) is 12.5. The lowest BCUT2D eigenvalue weighted by Gasteiger charge is -2.22. The number of thioether (sulfide) groups is 1. The fourth-order valence-corrected chi connectivity index (χ4v) is 3.73. The van der Waals surface area contributed by atoms with E-state index >= 15 is 0 Å². The van der Waals surface area contributed by atoms with Crippen molar-refractivity contribution in [2.24, 2.45) is 0 Å². The number of rotatable bonds is 4. The number of aryl methyl sites for hydroxylation is 2. The summed E-state index contributed by atoms with van der Waals surface area (Å²) >= 11 is 1.58. The molecule has 0 aliphatic carbocycles. The summed E-state index contributed by atoms with van der Waals surface area (Å²) in [4.78, 5) is 11.5. The second-order valence-electron chi connectivity index (χ2n) is 4.52. The van der Waals surface area contributed by atoms with E-state index in [-0.39, 0.29) is 0 Å². The maximum absolute atomic E-state index is 11.5. The Morgan fingerprint density at radius 3 is 3.00 bits per heavy atom. The van der Waals surface area contributed by atoms with Crippen molar-refractivity contribution in [3.8, 4) is 0 Å². The fourth-order valence-electron chi connectivity index (χ4n) is 2.39. The van der Waals surface area contributed by atoms with Crippen molar-refractivity contribution < 1.29 is 9.90 Å². The molecule has 2 rings (SSSR count). The zero-order valence-electron chi connectivity index (χ0n) is 10.3. The standard InChI is InChI=1S/C12H18N2O2S/c1-3-14-10(7-9(2)13-14)8-12(11(15)16)5-4-6-17-12/h7H,3-6,8H2,1-2H3,(H,15,16). The highest BCUT2D eigenvalue weighted by atomic mass is 32.2. The summed E-state index contributed by atoms with van der Waals surface area (Å²) in [6, 6.07) is 2.01. The lowest BCUT2D eigenvalue weighted by Crippen LogP contribution is -2.35. The summed E-state index contributed by atoms with van der Waals surface area (Å²) in [5.74, 6) is 0.271. The Bertz CT molecular complexity index is 422. The first-order valence-corrected chi connectivity index (χ1v) is 6.96. The molecule has 1 atom stereocenters. The van der Waals surface area contributed by atoms with Gasteiger partial charge >= 0.3 is 5.97 Å². The Labute approximate surface area is 105 Å². The third kappa shape index (κ3) is 2.34. The number of carbonyl (C=O) groups is 1. The van der Waals surface area contributed by atoms with Crippen LogP contribution in [0.5, 0.6) is 0 Å². The second kappa shape index (κ2) is 4.72. The van der Waals surface area contributed by atoms with E-state index in [9.17, 15) is 9.90 Å². The predicted molar refractivity (Wildman–Crippen MR) is 68.4 cm³/mol. The van der Waals surface area contributed by atoms with Crippen LogP contribution in [0.2, 0.25) is 0 Å². The highest BCUT2D eigenvalue weighted by molar-refractivity contribution is 8.01. The molecule has 1 aromatic rings. The van der Waals surface area contributed by atoms with E-state index in [1.165, 1.54) is 0 Å². The zero-order valence-corrected chi connectivity index (χ0v) is 11.1. The molecule has 1 aliphatic rings. The Morgan fingerprint density at radius 1 is 1.71 bits per heavy atom. The summed E-state index contributed by atoms with van der Waals surface area (Å²) in [6.07, 6.45) is 2.35. The van der Waals surface area contributed by atoms with E-state index < -0.39 is 10.7 Å². The van der Waals surface area contributed by atoms with Crippen LogP contribution in [0.25, 0.3) is 0 Å². The van der Waals surface area contributed by atoms with Crippen molar-refractivity contribution in [2.75, 3.05) is 5.75 Å². The molecule has 0 aromatic carbocycles. The van der Waals surface area contributed by atoms with Gasteiger partial charge in [0.05, 0.1) is 5.69 Å². The highest BCUT2D eigenvalue weighted by Crippen LogP contribution is 2.41. The fraction of sp³-hybridized carbons (Fsp3) is 0.667. The van der Waals surface area contributed by atoms with Gasteiger partial charge in [-0.25, -0.2) is 0 Å². The molecule has 1 aliphatic heterocycles. The molecule has 4 nitrogen and oxygen atoms in total. The molecule has 17 heavy (non-hydrogen) atoms. The van der Waals surface area contributed by atoms with Crippen LogP contribution in [0, 0.1) is 6.92 Å². The van der Waals surface area contributed by atoms with E-state index in [2.05, 4.69) is 5.10 Å². The van der Waals surface area contributed by atoms with Crippen LogP contribution in [-0.2, 0) is 17.8 Å². The van der Waals surface area contributed by atoms with Crippen LogP contribution >= 0.6 is 11.8 Å². The molecule has 0 amide bonds. The molecule has 1 aromatic heterocycles. The van der Waals surface area contributed by atoms with Gasteiger partial charge in [-0.15, -0.1) is 11.8 Å². The number of hydrogen-bond acceptors (Lipinski definition) is 3. The average molecular weight is 254 g/mol. The minimum absolute atomic E-state index is 0.585. The normalized spacial score (nSPS) is 24.1. The van der Waals surface area contributed by atoms with E-state index in [4.69, 9.17) is 0 Å². The molecular formula is C12H18N2O2S. The van der Waals surface area contributed by atoms with Crippen molar-refractivity contribution in [3.63, 3.8) is 0 Å². The van der Waals surface area contributed by atoms with Crippen LogP contribution in [0.4, 0.5) is 0 Å². The van der Waals surface area contributed by atoms with Gasteiger partial charge in [0.1, 0.15) is 4.75 Å². The highest BCUT2D eigenvalue weighted by Gasteiger charge is 2.43. The molecule has 0 bridgehead atoms. The molecule has 1 unspecified atom stereocenters. The lowest BCUT2D eigenvalue weighted by molar-refractivity contribution is -0.139. The molecule has 0 spiro atoms. The third-order valence-electron chi connectivity index (χ3n) is 3.24. The summed E-state index contributed by atoms with van der Waals surface area (Å²) in [5, 5.41) is 13.8. The van der Waals surface area contributed by atoms with Crippen LogP contribution in [-0.4, -0.2) is 31.4 Å².